The Labute approximate surface area is 142 Å². The van der Waals surface area contributed by atoms with Crippen molar-refractivity contribution in [3.05, 3.63) is 42.6 Å². The molecule has 1 amide bonds. The number of likely N-dealkylation sites (tertiary alicyclic amines) is 1. The Hall–Kier alpha value is -2.37. The summed E-state index contributed by atoms with van der Waals surface area (Å²) in [7, 11) is 0. The number of pyridine rings is 1. The van der Waals surface area contributed by atoms with Crippen LogP contribution in [0.3, 0.4) is 0 Å². The van der Waals surface area contributed by atoms with Gasteiger partial charge in [-0.1, -0.05) is 6.07 Å². The highest BCUT2D eigenvalue weighted by molar-refractivity contribution is 5.78. The summed E-state index contributed by atoms with van der Waals surface area (Å²) in [6.07, 6.45) is 11.4. The van der Waals surface area contributed by atoms with Crippen molar-refractivity contribution in [2.75, 3.05) is 24.5 Å². The quantitative estimate of drug-likeness (QED) is 0.862. The summed E-state index contributed by atoms with van der Waals surface area (Å²) in [6, 6.07) is 4.67. The molecule has 2 aromatic heterocycles. The van der Waals surface area contributed by atoms with Gasteiger partial charge in [0.15, 0.2) is 0 Å². The van der Waals surface area contributed by atoms with E-state index in [1.54, 1.807) is 6.20 Å². The van der Waals surface area contributed by atoms with E-state index < -0.39 is 0 Å². The number of nitrogens with zero attached hydrogens (tertiary/aromatic N) is 5. The topological polar surface area (TPSA) is 54.3 Å². The molecule has 2 aliphatic heterocycles. The number of imidazole rings is 1. The average Bonchev–Trinajstić information content (AvgIpc) is 3.27. The summed E-state index contributed by atoms with van der Waals surface area (Å²) >= 11 is 0. The minimum atomic E-state index is 0.343. The second-order valence-electron chi connectivity index (χ2n) is 6.67. The fourth-order valence-corrected chi connectivity index (χ4v) is 3.75. The van der Waals surface area contributed by atoms with Gasteiger partial charge in [0.1, 0.15) is 5.82 Å². The zero-order valence-corrected chi connectivity index (χ0v) is 13.8. The van der Waals surface area contributed by atoms with Crippen LogP contribution in [0.25, 0.3) is 0 Å². The van der Waals surface area contributed by atoms with E-state index in [-0.39, 0.29) is 0 Å². The van der Waals surface area contributed by atoms with Gasteiger partial charge in [0, 0.05) is 57.2 Å². The molecule has 2 aromatic rings. The first-order valence-electron chi connectivity index (χ1n) is 8.75. The van der Waals surface area contributed by atoms with Crippen molar-refractivity contribution in [1.29, 1.82) is 0 Å². The second-order valence-corrected chi connectivity index (χ2v) is 6.67. The Morgan fingerprint density at radius 2 is 2.04 bits per heavy atom. The third kappa shape index (κ3) is 3.13. The van der Waals surface area contributed by atoms with Crippen molar-refractivity contribution in [2.45, 2.75) is 38.3 Å². The van der Waals surface area contributed by atoms with Crippen molar-refractivity contribution in [1.82, 2.24) is 19.4 Å². The number of rotatable bonds is 4. The Kier molecular flexibility index (Phi) is 4.19. The van der Waals surface area contributed by atoms with E-state index in [1.807, 2.05) is 23.3 Å². The molecule has 2 fully saturated rings. The molecule has 0 atom stereocenters. The van der Waals surface area contributed by atoms with Crippen molar-refractivity contribution in [2.24, 2.45) is 0 Å². The largest absolute Gasteiger partial charge is 0.356 e. The summed E-state index contributed by atoms with van der Waals surface area (Å²) in [6.45, 7) is 3.70. The van der Waals surface area contributed by atoms with Crippen molar-refractivity contribution >= 4 is 11.7 Å². The molecule has 126 valence electrons. The van der Waals surface area contributed by atoms with E-state index >= 15 is 0 Å². The molecule has 0 spiro atoms. The van der Waals surface area contributed by atoms with Crippen LogP contribution in [0, 0.1) is 0 Å². The molecule has 0 radical (unpaired) electrons. The van der Waals surface area contributed by atoms with Crippen LogP contribution in [-0.4, -0.2) is 51.0 Å². The second kappa shape index (κ2) is 6.63. The average molecular weight is 325 g/mol. The molecule has 6 heteroatoms. The van der Waals surface area contributed by atoms with Gasteiger partial charge in [0.25, 0.3) is 0 Å². The molecule has 4 rings (SSSR count). The van der Waals surface area contributed by atoms with E-state index in [1.165, 1.54) is 5.56 Å². The number of hydrogen-bond donors (Lipinski definition) is 0. The van der Waals surface area contributed by atoms with Crippen molar-refractivity contribution in [3.8, 4) is 0 Å². The van der Waals surface area contributed by atoms with E-state index in [9.17, 15) is 4.79 Å². The Bertz CT molecular complexity index is 674. The molecule has 4 heterocycles. The van der Waals surface area contributed by atoms with E-state index in [2.05, 4.69) is 31.9 Å². The van der Waals surface area contributed by atoms with Crippen LogP contribution in [0.5, 0.6) is 0 Å². The Balaban J connectivity index is 1.34. The molecule has 0 saturated carbocycles. The highest BCUT2D eigenvalue weighted by atomic mass is 16.2. The van der Waals surface area contributed by atoms with E-state index in [0.717, 1.165) is 57.7 Å². The highest BCUT2D eigenvalue weighted by Gasteiger charge is 2.30. The van der Waals surface area contributed by atoms with E-state index in [4.69, 9.17) is 0 Å². The summed E-state index contributed by atoms with van der Waals surface area (Å²) in [5, 5.41) is 0. The maximum Gasteiger partial charge on any atom is 0.222 e. The summed E-state index contributed by atoms with van der Waals surface area (Å²) in [5.41, 5.74) is 1.18. The maximum atomic E-state index is 11.9. The number of aromatic nitrogens is 3. The molecule has 6 nitrogen and oxygen atoms in total. The number of carbonyl (C=O) groups excluding carboxylic acids is 1. The lowest BCUT2D eigenvalue weighted by molar-refractivity contribution is -0.130. The first-order chi connectivity index (χ1) is 11.8. The monoisotopic (exact) mass is 325 g/mol. The van der Waals surface area contributed by atoms with Gasteiger partial charge in [-0.2, -0.15) is 0 Å². The third-order valence-corrected chi connectivity index (χ3v) is 5.07. The molecule has 0 N–H and O–H groups in total. The summed E-state index contributed by atoms with van der Waals surface area (Å²) < 4.78 is 2.04. The smallest absolute Gasteiger partial charge is 0.222 e. The standard InChI is InChI=1S/C18H23N5O/c24-18-2-1-8-23(18)16-5-9-22(10-6-16)17-4-3-15(12-20-17)13-21-11-7-19-14-21/h3-4,7,11-12,14,16H,1-2,5-6,8-10,13H2. The number of carbonyl (C=O) groups is 1. The third-order valence-electron chi connectivity index (χ3n) is 5.07. The van der Waals surface area contributed by atoms with Crippen LogP contribution in [0.2, 0.25) is 0 Å². The highest BCUT2D eigenvalue weighted by Crippen LogP contribution is 2.24. The first kappa shape index (κ1) is 15.2. The Morgan fingerprint density at radius 1 is 1.17 bits per heavy atom. The van der Waals surface area contributed by atoms with Gasteiger partial charge in [-0.15, -0.1) is 0 Å². The maximum absolute atomic E-state index is 11.9. The molecule has 2 saturated heterocycles. The van der Waals surface area contributed by atoms with Gasteiger partial charge in [0.05, 0.1) is 6.33 Å². The van der Waals surface area contributed by atoms with Gasteiger partial charge in [0.2, 0.25) is 5.91 Å². The first-order valence-corrected chi connectivity index (χ1v) is 8.75. The summed E-state index contributed by atoms with van der Waals surface area (Å²) in [4.78, 5) is 25.0. The molecule has 2 aliphatic rings. The van der Waals surface area contributed by atoms with Crippen LogP contribution in [0.15, 0.2) is 37.1 Å². The van der Waals surface area contributed by atoms with E-state index in [0.29, 0.717) is 11.9 Å². The number of piperidine rings is 1. The molecule has 0 aromatic carbocycles. The van der Waals surface area contributed by atoms with Gasteiger partial charge < -0.3 is 14.4 Å². The fraction of sp³-hybridized carbons (Fsp3) is 0.500. The van der Waals surface area contributed by atoms with Crippen molar-refractivity contribution in [3.63, 3.8) is 0 Å². The Morgan fingerprint density at radius 3 is 2.67 bits per heavy atom. The minimum Gasteiger partial charge on any atom is -0.356 e. The lowest BCUT2D eigenvalue weighted by Gasteiger charge is -2.37. The lowest BCUT2D eigenvalue weighted by Crippen LogP contribution is -2.45. The predicted octanol–water partition coefficient (Wildman–Crippen LogP) is 1.92. The van der Waals surface area contributed by atoms with Crippen LogP contribution in [0.1, 0.15) is 31.2 Å². The number of anilines is 1. The molecule has 24 heavy (non-hydrogen) atoms. The van der Waals surface area contributed by atoms with Crippen LogP contribution >= 0.6 is 0 Å². The van der Waals surface area contributed by atoms with Gasteiger partial charge in [-0.25, -0.2) is 9.97 Å². The van der Waals surface area contributed by atoms with Gasteiger partial charge in [-0.05, 0) is 30.9 Å². The molecule has 0 unspecified atom stereocenters. The van der Waals surface area contributed by atoms with Crippen LogP contribution in [-0.2, 0) is 11.3 Å². The predicted molar refractivity (Wildman–Crippen MR) is 91.7 cm³/mol. The van der Waals surface area contributed by atoms with Gasteiger partial charge >= 0.3 is 0 Å². The SMILES string of the molecule is O=C1CCCN1C1CCN(c2ccc(Cn3ccnc3)cn2)CC1. The van der Waals surface area contributed by atoms with Crippen molar-refractivity contribution < 1.29 is 4.79 Å². The zero-order chi connectivity index (χ0) is 16.4. The summed E-state index contributed by atoms with van der Waals surface area (Å²) in [5.74, 6) is 1.38. The van der Waals surface area contributed by atoms with Gasteiger partial charge in [-0.3, -0.25) is 4.79 Å². The molecular formula is C18H23N5O. The molecule has 0 bridgehead atoms. The lowest BCUT2D eigenvalue weighted by atomic mass is 10.0. The number of hydrogen-bond acceptors (Lipinski definition) is 4. The number of amides is 1. The zero-order valence-electron chi connectivity index (χ0n) is 13.8. The van der Waals surface area contributed by atoms with Crippen LogP contribution in [0.4, 0.5) is 5.82 Å². The van der Waals surface area contributed by atoms with Crippen LogP contribution < -0.4 is 4.90 Å². The fourth-order valence-electron chi connectivity index (χ4n) is 3.75. The molecular weight excluding hydrogens is 302 g/mol. The molecule has 0 aliphatic carbocycles. The minimum absolute atomic E-state index is 0.343. The normalized spacial score (nSPS) is 19.2.